The van der Waals surface area contributed by atoms with Crippen molar-refractivity contribution in [2.24, 2.45) is 0 Å². The first-order chi connectivity index (χ1) is 16.9. The van der Waals surface area contributed by atoms with Gasteiger partial charge in [-0.3, -0.25) is 5.32 Å². The second-order valence-corrected chi connectivity index (χ2v) is 7.46. The van der Waals surface area contributed by atoms with E-state index in [4.69, 9.17) is 9.26 Å². The molecular formula is C23H21FN6O5. The van der Waals surface area contributed by atoms with Gasteiger partial charge in [-0.2, -0.15) is 4.80 Å². The van der Waals surface area contributed by atoms with Gasteiger partial charge in [-0.15, -0.1) is 10.2 Å². The van der Waals surface area contributed by atoms with Gasteiger partial charge in [0.15, 0.2) is 12.3 Å². The summed E-state index contributed by atoms with van der Waals surface area (Å²) < 4.78 is 29.3. The standard InChI is InChI=1S/C23H21FN6O5/c1-13-20(25-23(32)34-14(2)17-6-4-5-7-18(17)24)21(35-28-13)15-8-10-16(11-9-15)22-26-29-30(27-22)12-19(31)33-3/h4-11,14H,12H2,1-3H3,(H,25,32). The van der Waals surface area contributed by atoms with E-state index in [9.17, 15) is 14.0 Å². The molecular weight excluding hydrogens is 459 g/mol. The number of nitrogens with one attached hydrogen (secondary N) is 1. The number of esters is 1. The Kier molecular flexibility index (Phi) is 6.81. The second-order valence-electron chi connectivity index (χ2n) is 7.46. The van der Waals surface area contributed by atoms with Gasteiger partial charge < -0.3 is 14.0 Å². The number of carbonyl (C=O) groups excluding carboxylic acids is 2. The summed E-state index contributed by atoms with van der Waals surface area (Å²) in [6.07, 6.45) is -1.59. The summed E-state index contributed by atoms with van der Waals surface area (Å²) in [5, 5.41) is 18.5. The Bertz CT molecular complexity index is 1350. The molecule has 0 aliphatic rings. The van der Waals surface area contributed by atoms with E-state index in [1.54, 1.807) is 56.3 Å². The highest BCUT2D eigenvalue weighted by molar-refractivity contribution is 5.91. The predicted octanol–water partition coefficient (Wildman–Crippen LogP) is 3.93. The number of carbonyl (C=O) groups is 2. The first-order valence-electron chi connectivity index (χ1n) is 10.5. The van der Waals surface area contributed by atoms with Crippen LogP contribution in [0.5, 0.6) is 0 Å². The fourth-order valence-electron chi connectivity index (χ4n) is 3.25. The molecule has 0 aliphatic heterocycles. The van der Waals surface area contributed by atoms with Crippen LogP contribution in [0, 0.1) is 12.7 Å². The molecule has 180 valence electrons. The fourth-order valence-corrected chi connectivity index (χ4v) is 3.25. The van der Waals surface area contributed by atoms with Crippen molar-refractivity contribution in [3.8, 4) is 22.7 Å². The summed E-state index contributed by atoms with van der Waals surface area (Å²) in [7, 11) is 1.27. The maximum Gasteiger partial charge on any atom is 0.412 e. The van der Waals surface area contributed by atoms with Gasteiger partial charge in [-0.25, -0.2) is 14.0 Å². The van der Waals surface area contributed by atoms with E-state index in [1.807, 2.05) is 0 Å². The number of anilines is 1. The lowest BCUT2D eigenvalue weighted by atomic mass is 10.1. The predicted molar refractivity (Wildman–Crippen MR) is 120 cm³/mol. The fraction of sp³-hybridized carbons (Fsp3) is 0.217. The molecule has 0 fully saturated rings. The molecule has 0 saturated carbocycles. The third-order valence-corrected chi connectivity index (χ3v) is 5.07. The lowest BCUT2D eigenvalue weighted by molar-refractivity contribution is -0.141. The van der Waals surface area contributed by atoms with Crippen molar-refractivity contribution in [1.82, 2.24) is 25.4 Å². The Balaban J connectivity index is 1.48. The molecule has 0 aliphatic carbocycles. The molecule has 2 aromatic carbocycles. The SMILES string of the molecule is COC(=O)Cn1nnc(-c2ccc(-c3onc(C)c3NC(=O)OC(C)c3ccccc3F)cc2)n1. The zero-order valence-corrected chi connectivity index (χ0v) is 19.1. The largest absolute Gasteiger partial charge is 0.468 e. The molecule has 4 rings (SSSR count). The molecule has 1 atom stereocenters. The Morgan fingerprint density at radius 2 is 1.86 bits per heavy atom. The van der Waals surface area contributed by atoms with Gasteiger partial charge in [0.2, 0.25) is 5.82 Å². The number of benzene rings is 2. The van der Waals surface area contributed by atoms with Gasteiger partial charge in [0.25, 0.3) is 0 Å². The highest BCUT2D eigenvalue weighted by atomic mass is 19.1. The van der Waals surface area contributed by atoms with Crippen LogP contribution in [0.2, 0.25) is 0 Å². The Morgan fingerprint density at radius 1 is 1.14 bits per heavy atom. The van der Waals surface area contributed by atoms with Crippen LogP contribution in [0.1, 0.15) is 24.3 Å². The number of rotatable bonds is 7. The van der Waals surface area contributed by atoms with Crippen molar-refractivity contribution in [3.63, 3.8) is 0 Å². The molecule has 12 heteroatoms. The van der Waals surface area contributed by atoms with Crippen LogP contribution < -0.4 is 5.32 Å². The molecule has 1 unspecified atom stereocenters. The van der Waals surface area contributed by atoms with Crippen molar-refractivity contribution in [2.45, 2.75) is 26.5 Å². The van der Waals surface area contributed by atoms with Gasteiger partial charge in [0.05, 0.1) is 7.11 Å². The van der Waals surface area contributed by atoms with Crippen LogP contribution >= 0.6 is 0 Å². The molecule has 1 amide bonds. The average molecular weight is 480 g/mol. The van der Waals surface area contributed by atoms with E-state index < -0.39 is 24.0 Å². The molecule has 1 N–H and O–H groups in total. The maximum atomic E-state index is 14.0. The monoisotopic (exact) mass is 480 g/mol. The van der Waals surface area contributed by atoms with Crippen molar-refractivity contribution in [2.75, 3.05) is 12.4 Å². The Labute approximate surface area is 198 Å². The maximum absolute atomic E-state index is 14.0. The molecule has 0 saturated heterocycles. The van der Waals surface area contributed by atoms with Gasteiger partial charge in [0.1, 0.15) is 23.3 Å². The minimum atomic E-state index is -0.806. The normalized spacial score (nSPS) is 11.7. The molecule has 4 aromatic rings. The summed E-state index contributed by atoms with van der Waals surface area (Å²) >= 11 is 0. The first kappa shape index (κ1) is 23.5. The van der Waals surface area contributed by atoms with Gasteiger partial charge >= 0.3 is 12.1 Å². The number of aryl methyl sites for hydroxylation is 1. The average Bonchev–Trinajstić information content (AvgIpc) is 3.46. The van der Waals surface area contributed by atoms with E-state index in [0.29, 0.717) is 34.1 Å². The third kappa shape index (κ3) is 5.32. The number of tetrazole rings is 1. The van der Waals surface area contributed by atoms with Gasteiger partial charge in [-0.05, 0) is 25.1 Å². The van der Waals surface area contributed by atoms with Crippen molar-refractivity contribution in [1.29, 1.82) is 0 Å². The highest BCUT2D eigenvalue weighted by Gasteiger charge is 2.21. The molecule has 0 radical (unpaired) electrons. The minimum Gasteiger partial charge on any atom is -0.468 e. The van der Waals surface area contributed by atoms with E-state index in [0.717, 1.165) is 4.80 Å². The molecule has 2 heterocycles. The first-order valence-corrected chi connectivity index (χ1v) is 10.5. The van der Waals surface area contributed by atoms with Gasteiger partial charge in [-0.1, -0.05) is 47.6 Å². The molecule has 0 bridgehead atoms. The lowest BCUT2D eigenvalue weighted by Crippen LogP contribution is -2.17. The van der Waals surface area contributed by atoms with Crippen LogP contribution in [-0.4, -0.2) is 44.5 Å². The van der Waals surface area contributed by atoms with E-state index in [2.05, 4.69) is 30.6 Å². The molecule has 0 spiro atoms. The van der Waals surface area contributed by atoms with E-state index >= 15 is 0 Å². The van der Waals surface area contributed by atoms with E-state index in [1.165, 1.54) is 13.2 Å². The zero-order valence-electron chi connectivity index (χ0n) is 19.1. The van der Waals surface area contributed by atoms with Crippen LogP contribution in [0.25, 0.3) is 22.7 Å². The topological polar surface area (TPSA) is 134 Å². The summed E-state index contributed by atoms with van der Waals surface area (Å²) in [4.78, 5) is 25.0. The number of methoxy groups -OCH3 is 1. The number of halogens is 1. The molecule has 2 aromatic heterocycles. The summed E-state index contributed by atoms with van der Waals surface area (Å²) in [5.74, 6) is -0.327. The van der Waals surface area contributed by atoms with Crippen LogP contribution in [0.3, 0.4) is 0 Å². The summed E-state index contributed by atoms with van der Waals surface area (Å²) in [6, 6.07) is 13.0. The second kappa shape index (κ2) is 10.1. The zero-order chi connectivity index (χ0) is 24.9. The van der Waals surface area contributed by atoms with E-state index in [-0.39, 0.29) is 12.1 Å². The van der Waals surface area contributed by atoms with Crippen LogP contribution in [0.15, 0.2) is 53.1 Å². The summed E-state index contributed by atoms with van der Waals surface area (Å²) in [6.45, 7) is 3.09. The minimum absolute atomic E-state index is 0.153. The van der Waals surface area contributed by atoms with Crippen molar-refractivity contribution < 1.29 is 28.0 Å². The number of amides is 1. The van der Waals surface area contributed by atoms with Crippen molar-refractivity contribution >= 4 is 17.7 Å². The number of hydrogen-bond acceptors (Lipinski definition) is 9. The van der Waals surface area contributed by atoms with Crippen LogP contribution in [-0.2, 0) is 20.8 Å². The quantitative estimate of drug-likeness (QED) is 0.390. The molecule has 11 nitrogen and oxygen atoms in total. The number of ether oxygens (including phenoxy) is 2. The number of hydrogen-bond donors (Lipinski definition) is 1. The smallest absolute Gasteiger partial charge is 0.412 e. The third-order valence-electron chi connectivity index (χ3n) is 5.07. The molecule has 35 heavy (non-hydrogen) atoms. The Hall–Kier alpha value is -4.61. The van der Waals surface area contributed by atoms with Crippen LogP contribution in [0.4, 0.5) is 14.9 Å². The number of aromatic nitrogens is 5. The lowest BCUT2D eigenvalue weighted by Gasteiger charge is -2.15. The Morgan fingerprint density at radius 3 is 2.57 bits per heavy atom. The summed E-state index contributed by atoms with van der Waals surface area (Å²) in [5.41, 5.74) is 2.29. The number of nitrogens with zero attached hydrogens (tertiary/aromatic N) is 5. The highest BCUT2D eigenvalue weighted by Crippen LogP contribution is 2.32. The van der Waals surface area contributed by atoms with Crippen molar-refractivity contribution in [3.05, 3.63) is 65.6 Å². The van der Waals surface area contributed by atoms with Gasteiger partial charge in [0, 0.05) is 16.7 Å².